The second kappa shape index (κ2) is 27.1. The summed E-state index contributed by atoms with van der Waals surface area (Å²) in [4.78, 5) is 70.6. The summed E-state index contributed by atoms with van der Waals surface area (Å²) in [6.45, 7) is 11.1. The van der Waals surface area contributed by atoms with Crippen molar-refractivity contribution in [2.45, 2.75) is 64.8 Å². The van der Waals surface area contributed by atoms with Gasteiger partial charge in [-0.1, -0.05) is 13.8 Å². The molecule has 238 valence electrons. The molecule has 7 N–H and O–H groups in total. The summed E-state index contributed by atoms with van der Waals surface area (Å²) >= 11 is 0. The smallest absolute Gasteiger partial charge is 0.407 e. The first-order valence-corrected chi connectivity index (χ1v) is 13.8. The third kappa shape index (κ3) is 23.3. The van der Waals surface area contributed by atoms with E-state index in [0.717, 1.165) is 0 Å². The number of nitrogens with one attached hydrogen (secondary N) is 3. The molecule has 0 rings (SSSR count). The van der Waals surface area contributed by atoms with Gasteiger partial charge in [-0.05, 0) is 44.6 Å². The Bertz CT molecular complexity index is 753. The molecule has 0 bridgehead atoms. The van der Waals surface area contributed by atoms with Crippen molar-refractivity contribution in [3.63, 3.8) is 0 Å². The van der Waals surface area contributed by atoms with Gasteiger partial charge >= 0.3 is 12.1 Å². The third-order valence-corrected chi connectivity index (χ3v) is 5.60. The summed E-state index contributed by atoms with van der Waals surface area (Å²) in [5.74, 6) is -2.01. The van der Waals surface area contributed by atoms with Crippen LogP contribution >= 0.6 is 0 Å². The third-order valence-electron chi connectivity index (χ3n) is 5.60. The molecule has 0 radical (unpaired) electrons. The lowest BCUT2D eigenvalue weighted by Crippen LogP contribution is -2.46. The molecule has 41 heavy (non-hydrogen) atoms. The van der Waals surface area contributed by atoms with Gasteiger partial charge in [0.25, 0.3) is 0 Å². The minimum Gasteiger partial charge on any atom is -0.447 e. The predicted octanol–water partition coefficient (Wildman–Crippen LogP) is 1.36. The lowest BCUT2D eigenvalue weighted by Gasteiger charge is -2.23. The molecule has 0 aromatic carbocycles. The highest BCUT2D eigenvalue weighted by molar-refractivity contribution is 5.93. The van der Waals surface area contributed by atoms with Gasteiger partial charge in [0, 0.05) is 31.9 Å². The highest BCUT2D eigenvalue weighted by Crippen LogP contribution is 2.16. The number of ether oxygens (including phenoxy) is 2. The van der Waals surface area contributed by atoms with Crippen LogP contribution in [0.25, 0.3) is 0 Å². The quantitative estimate of drug-likeness (QED) is 0.0472. The Kier molecular flexibility index (Phi) is 26.5. The number of alkyl carbamates (subject to hydrolysis) is 1. The minimum absolute atomic E-state index is 0.0146. The standard InChI is InChI=1S/C25H47N5O9.C2H4/c1-18(2)22(30-25(35)38-15-14-37-12-7-10-26)21(32)16-19(8-6-11-28-24(27)34)23(33)29-17-20(31)9-4-5-13-39-36-3;1-2/h18-19,22H,4-17,26H2,1-3H3,(H,29,33)(H,30,35)(H3,27,28,34);1-2H2. The van der Waals surface area contributed by atoms with Crippen LogP contribution in [-0.2, 0) is 33.6 Å². The summed E-state index contributed by atoms with van der Waals surface area (Å²) in [5.41, 5.74) is 10.5. The van der Waals surface area contributed by atoms with Crippen LogP contribution in [-0.4, -0.2) is 88.8 Å². The van der Waals surface area contributed by atoms with Crippen molar-refractivity contribution in [1.82, 2.24) is 16.0 Å². The summed E-state index contributed by atoms with van der Waals surface area (Å²) in [6, 6.07) is -1.58. The molecule has 0 saturated heterocycles. The van der Waals surface area contributed by atoms with Crippen molar-refractivity contribution in [2.24, 2.45) is 23.3 Å². The zero-order valence-corrected chi connectivity index (χ0v) is 24.9. The molecule has 0 fully saturated rings. The van der Waals surface area contributed by atoms with Crippen molar-refractivity contribution in [3.05, 3.63) is 13.2 Å². The molecule has 0 heterocycles. The number of nitrogens with two attached hydrogens (primary N) is 2. The van der Waals surface area contributed by atoms with E-state index in [9.17, 15) is 24.0 Å². The molecule has 14 nitrogen and oxygen atoms in total. The molecule has 0 aliphatic carbocycles. The fourth-order valence-corrected chi connectivity index (χ4v) is 3.51. The highest BCUT2D eigenvalue weighted by Gasteiger charge is 2.30. The fourth-order valence-electron chi connectivity index (χ4n) is 3.51. The van der Waals surface area contributed by atoms with Crippen LogP contribution in [0, 0.1) is 11.8 Å². The number of Topliss-reactive ketones (excluding diaryl/α,β-unsaturated/α-hetero) is 2. The Morgan fingerprint density at radius 1 is 0.902 bits per heavy atom. The average Bonchev–Trinajstić information content (AvgIpc) is 2.94. The zero-order chi connectivity index (χ0) is 31.5. The van der Waals surface area contributed by atoms with E-state index in [-0.39, 0.29) is 63.1 Å². The first-order chi connectivity index (χ1) is 19.6. The molecule has 0 spiro atoms. The van der Waals surface area contributed by atoms with E-state index in [0.29, 0.717) is 45.4 Å². The van der Waals surface area contributed by atoms with Gasteiger partial charge in [-0.3, -0.25) is 14.4 Å². The lowest BCUT2D eigenvalue weighted by atomic mass is 9.89. The first kappa shape index (κ1) is 40.1. The first-order valence-electron chi connectivity index (χ1n) is 13.8. The number of carbonyl (C=O) groups excluding carboxylic acids is 5. The van der Waals surface area contributed by atoms with Gasteiger partial charge in [0.05, 0.1) is 32.9 Å². The van der Waals surface area contributed by atoms with Gasteiger partial charge in [-0.25, -0.2) is 19.4 Å². The van der Waals surface area contributed by atoms with E-state index >= 15 is 0 Å². The second-order valence-electron chi connectivity index (χ2n) is 9.26. The van der Waals surface area contributed by atoms with Gasteiger partial charge in [-0.15, -0.1) is 13.2 Å². The number of ketones is 2. The monoisotopic (exact) mass is 589 g/mol. The Hall–Kier alpha value is -3.07. The Labute approximate surface area is 243 Å². The van der Waals surface area contributed by atoms with E-state index in [1.165, 1.54) is 7.11 Å². The lowest BCUT2D eigenvalue weighted by molar-refractivity contribution is -0.272. The van der Waals surface area contributed by atoms with Crippen LogP contribution in [0.15, 0.2) is 13.2 Å². The minimum atomic E-state index is -0.884. The van der Waals surface area contributed by atoms with Crippen LogP contribution in [0.3, 0.4) is 0 Å². The van der Waals surface area contributed by atoms with Gasteiger partial charge in [0.2, 0.25) is 5.91 Å². The number of hydrogen-bond donors (Lipinski definition) is 5. The van der Waals surface area contributed by atoms with Crippen molar-refractivity contribution in [3.8, 4) is 0 Å². The SMILES string of the molecule is C=C.COOCCCCC(=O)CNC(=O)C(CCCNC(N)=O)CC(=O)C(NC(=O)OCCOCCCN)C(C)C. The summed E-state index contributed by atoms with van der Waals surface area (Å²) < 4.78 is 10.4. The number of carbonyl (C=O) groups is 5. The maximum atomic E-state index is 13.1. The normalized spacial score (nSPS) is 11.9. The maximum Gasteiger partial charge on any atom is 0.407 e. The molecule has 0 aromatic heterocycles. The summed E-state index contributed by atoms with van der Waals surface area (Å²) in [6.07, 6.45) is 1.87. The van der Waals surface area contributed by atoms with E-state index in [1.807, 2.05) is 0 Å². The van der Waals surface area contributed by atoms with Crippen molar-refractivity contribution >= 4 is 29.6 Å². The summed E-state index contributed by atoms with van der Waals surface area (Å²) in [7, 11) is 1.40. The van der Waals surface area contributed by atoms with Gasteiger partial charge in [-0.2, -0.15) is 0 Å². The van der Waals surface area contributed by atoms with Crippen LogP contribution in [0.4, 0.5) is 9.59 Å². The number of hydrogen-bond acceptors (Lipinski definition) is 10. The van der Waals surface area contributed by atoms with Gasteiger partial charge in [0.1, 0.15) is 6.61 Å². The van der Waals surface area contributed by atoms with Crippen LogP contribution in [0.1, 0.15) is 58.8 Å². The number of primary amides is 1. The van der Waals surface area contributed by atoms with E-state index in [1.54, 1.807) is 13.8 Å². The Morgan fingerprint density at radius 3 is 2.22 bits per heavy atom. The van der Waals surface area contributed by atoms with Crippen molar-refractivity contribution in [2.75, 3.05) is 53.2 Å². The molecule has 0 aliphatic rings. The molecule has 14 heteroatoms. The number of rotatable bonds is 24. The fraction of sp³-hybridized carbons (Fsp3) is 0.741. The molecular weight excluding hydrogens is 538 g/mol. The van der Waals surface area contributed by atoms with E-state index < -0.39 is 30.0 Å². The molecule has 2 unspecified atom stereocenters. The topological polar surface area (TPSA) is 210 Å². The number of unbranched alkanes of at least 4 members (excludes halogenated alkanes) is 1. The molecular formula is C27H51N5O9. The number of urea groups is 1. The van der Waals surface area contributed by atoms with Gasteiger partial charge in [0.15, 0.2) is 11.6 Å². The Balaban J connectivity index is 0. The molecule has 0 saturated carbocycles. The van der Waals surface area contributed by atoms with Crippen molar-refractivity contribution < 1.29 is 43.2 Å². The van der Waals surface area contributed by atoms with Crippen molar-refractivity contribution in [1.29, 1.82) is 0 Å². The summed E-state index contributed by atoms with van der Waals surface area (Å²) in [5, 5.41) is 7.62. The van der Waals surface area contributed by atoms with E-state index in [4.69, 9.17) is 25.8 Å². The maximum absolute atomic E-state index is 13.1. The molecule has 4 amide bonds. The van der Waals surface area contributed by atoms with Gasteiger partial charge < -0.3 is 36.9 Å². The average molecular weight is 590 g/mol. The largest absolute Gasteiger partial charge is 0.447 e. The molecule has 2 atom stereocenters. The second-order valence-corrected chi connectivity index (χ2v) is 9.26. The Morgan fingerprint density at radius 2 is 1.61 bits per heavy atom. The van der Waals surface area contributed by atoms with Crippen LogP contribution in [0.2, 0.25) is 0 Å². The number of amides is 4. The van der Waals surface area contributed by atoms with E-state index in [2.05, 4.69) is 34.0 Å². The predicted molar refractivity (Wildman–Crippen MR) is 154 cm³/mol. The van der Waals surface area contributed by atoms with Crippen LogP contribution < -0.4 is 27.4 Å². The molecule has 0 aliphatic heterocycles. The molecule has 0 aromatic rings. The van der Waals surface area contributed by atoms with Crippen LogP contribution in [0.5, 0.6) is 0 Å². The highest BCUT2D eigenvalue weighted by atomic mass is 17.2. The zero-order valence-electron chi connectivity index (χ0n) is 24.9.